The molecule has 0 rings (SSSR count). The van der Waals surface area contributed by atoms with Gasteiger partial charge in [0.25, 0.3) is 0 Å². The maximum atomic E-state index is 7.77. The van der Waals surface area contributed by atoms with E-state index in [9.17, 15) is 0 Å². The summed E-state index contributed by atoms with van der Waals surface area (Å²) >= 11 is 3.40. The topological polar surface area (TPSA) is 0 Å². The zero-order valence-electron chi connectivity index (χ0n) is 10.2. The van der Waals surface area contributed by atoms with Gasteiger partial charge in [-0.2, -0.15) is 0 Å². The molecule has 0 radical (unpaired) electrons. The Morgan fingerprint density at radius 3 is 2.17 bits per heavy atom. The molecule has 0 aromatic heterocycles. The molecule has 0 atom stereocenters. The number of hydrogen-bond acceptors (Lipinski definition) is 0. The monoisotopic (exact) mass is 236 g/mol. The summed E-state index contributed by atoms with van der Waals surface area (Å²) in [4.78, 5) is 0. The zero-order valence-corrected chi connectivity index (χ0v) is 9.83. The summed E-state index contributed by atoms with van der Waals surface area (Å²) < 4.78 is 15.5. The Labute approximate surface area is 89.1 Å². The Morgan fingerprint density at radius 2 is 1.50 bits per heavy atom. The summed E-state index contributed by atoms with van der Waals surface area (Å²) in [6, 6.07) is 0. The second kappa shape index (κ2) is 11.5. The highest BCUT2D eigenvalue weighted by atomic mass is 79.9. The lowest BCUT2D eigenvalue weighted by molar-refractivity contribution is 0.573. The average Bonchev–Trinajstić information content (AvgIpc) is 2.15. The van der Waals surface area contributed by atoms with E-state index < -0.39 is 6.37 Å². The predicted octanol–water partition coefficient (Wildman–Crippen LogP) is 4.91. The highest BCUT2D eigenvalue weighted by Gasteiger charge is 1.90. The van der Waals surface area contributed by atoms with Crippen molar-refractivity contribution in [2.75, 3.05) is 5.33 Å². The molecular weight excluding hydrogens is 212 g/mol. The van der Waals surface area contributed by atoms with Crippen LogP contribution < -0.4 is 0 Å². The lowest BCUT2D eigenvalue weighted by atomic mass is 10.1. The van der Waals surface area contributed by atoms with Crippen molar-refractivity contribution < 1.29 is 2.74 Å². The molecule has 0 aliphatic carbocycles. The SMILES string of the molecule is [2H]C([2H])(CCCC)CCCCCCBr. The standard InChI is InChI=1S/C11H23Br/c1-2-3-4-5-6-7-8-9-10-11-12/h2-11H2,1H3/i5D2. The van der Waals surface area contributed by atoms with Crippen LogP contribution in [0.25, 0.3) is 0 Å². The summed E-state index contributed by atoms with van der Waals surface area (Å²) in [7, 11) is 0. The minimum absolute atomic E-state index is 0.738. The Hall–Kier alpha value is 0.480. The molecule has 0 saturated heterocycles. The number of hydrogen-bond donors (Lipinski definition) is 0. The normalized spacial score (nSPS) is 14.2. The number of unbranched alkanes of at least 4 members (excludes halogenated alkanes) is 4. The maximum absolute atomic E-state index is 7.77. The zero-order chi connectivity index (χ0) is 10.9. The molecular formula is C11H23Br. The van der Waals surface area contributed by atoms with Gasteiger partial charge in [0.1, 0.15) is 0 Å². The van der Waals surface area contributed by atoms with Crippen LogP contribution in [0.3, 0.4) is 0 Å². The third-order valence-corrected chi connectivity index (χ3v) is 2.51. The van der Waals surface area contributed by atoms with E-state index in [2.05, 4.69) is 22.9 Å². The fourth-order valence-corrected chi connectivity index (χ4v) is 1.52. The van der Waals surface area contributed by atoms with Crippen LogP contribution in [0.15, 0.2) is 0 Å². The van der Waals surface area contributed by atoms with E-state index in [-0.39, 0.29) is 0 Å². The van der Waals surface area contributed by atoms with Crippen molar-refractivity contribution in [3.8, 4) is 0 Å². The van der Waals surface area contributed by atoms with Crippen LogP contribution >= 0.6 is 15.9 Å². The highest BCUT2D eigenvalue weighted by Crippen LogP contribution is 2.09. The Balaban J connectivity index is 3.35. The Morgan fingerprint density at radius 1 is 0.917 bits per heavy atom. The van der Waals surface area contributed by atoms with Crippen LogP contribution in [0.4, 0.5) is 0 Å². The minimum Gasteiger partial charge on any atom is -0.0928 e. The maximum Gasteiger partial charge on any atom is 0.0267 e. The second-order valence-electron chi connectivity index (χ2n) is 3.21. The fraction of sp³-hybridized carbons (Fsp3) is 1.00. The van der Waals surface area contributed by atoms with Gasteiger partial charge in [0.05, 0.1) is 0 Å². The van der Waals surface area contributed by atoms with Gasteiger partial charge in [0.2, 0.25) is 0 Å². The van der Waals surface area contributed by atoms with E-state index in [0.29, 0.717) is 0 Å². The van der Waals surface area contributed by atoms with Crippen molar-refractivity contribution in [1.29, 1.82) is 0 Å². The van der Waals surface area contributed by atoms with E-state index in [4.69, 9.17) is 2.74 Å². The molecule has 0 spiro atoms. The fourth-order valence-electron chi connectivity index (χ4n) is 1.12. The summed E-state index contributed by atoms with van der Waals surface area (Å²) in [6.45, 7) is 2.12. The van der Waals surface area contributed by atoms with Gasteiger partial charge in [-0.3, -0.25) is 0 Å². The van der Waals surface area contributed by atoms with Crippen molar-refractivity contribution >= 4 is 15.9 Å². The molecule has 0 heterocycles. The van der Waals surface area contributed by atoms with Gasteiger partial charge in [0.15, 0.2) is 0 Å². The summed E-state index contributed by atoms with van der Waals surface area (Å²) in [5.41, 5.74) is 0. The van der Waals surface area contributed by atoms with Crippen LogP contribution in [0.1, 0.15) is 67.4 Å². The van der Waals surface area contributed by atoms with Crippen LogP contribution in [0.5, 0.6) is 0 Å². The molecule has 0 aromatic rings. The number of halogens is 1. The van der Waals surface area contributed by atoms with Gasteiger partial charge < -0.3 is 0 Å². The van der Waals surface area contributed by atoms with Crippen molar-refractivity contribution in [3.05, 3.63) is 0 Å². The first-order valence-corrected chi connectivity index (χ1v) is 6.30. The molecule has 0 amide bonds. The first-order valence-electron chi connectivity index (χ1n) is 6.18. The molecule has 0 aromatic carbocycles. The van der Waals surface area contributed by atoms with Gasteiger partial charge in [-0.25, -0.2) is 0 Å². The molecule has 0 aliphatic heterocycles. The lowest BCUT2D eigenvalue weighted by Gasteiger charge is -1.99. The Bertz CT molecular complexity index is 126. The van der Waals surface area contributed by atoms with Gasteiger partial charge in [-0.15, -0.1) is 0 Å². The molecule has 74 valence electrons. The summed E-state index contributed by atoms with van der Waals surface area (Å²) in [5.74, 6) is 0. The first-order chi connectivity index (χ1) is 6.62. The smallest absolute Gasteiger partial charge is 0.0267 e. The van der Waals surface area contributed by atoms with Gasteiger partial charge >= 0.3 is 0 Å². The molecule has 0 unspecified atom stereocenters. The Kier molecular flexibility index (Phi) is 8.66. The van der Waals surface area contributed by atoms with E-state index >= 15 is 0 Å². The van der Waals surface area contributed by atoms with Crippen LogP contribution in [-0.2, 0) is 0 Å². The van der Waals surface area contributed by atoms with E-state index in [1.54, 1.807) is 0 Å². The van der Waals surface area contributed by atoms with Crippen molar-refractivity contribution in [3.63, 3.8) is 0 Å². The lowest BCUT2D eigenvalue weighted by Crippen LogP contribution is -1.81. The molecule has 12 heavy (non-hydrogen) atoms. The predicted molar refractivity (Wildman–Crippen MR) is 61.0 cm³/mol. The first kappa shape index (κ1) is 9.05. The van der Waals surface area contributed by atoms with Crippen molar-refractivity contribution in [1.82, 2.24) is 0 Å². The average molecular weight is 237 g/mol. The molecule has 0 fully saturated rings. The molecule has 0 N–H and O–H groups in total. The van der Waals surface area contributed by atoms with E-state index in [0.717, 1.165) is 37.4 Å². The third kappa shape index (κ3) is 10.5. The quantitative estimate of drug-likeness (QED) is 0.394. The molecule has 1 heteroatoms. The van der Waals surface area contributed by atoms with E-state index in [1.807, 2.05) is 0 Å². The van der Waals surface area contributed by atoms with Crippen LogP contribution in [-0.4, -0.2) is 5.33 Å². The minimum atomic E-state index is -0.912. The van der Waals surface area contributed by atoms with Gasteiger partial charge in [-0.1, -0.05) is 74.2 Å². The molecule has 0 bridgehead atoms. The summed E-state index contributed by atoms with van der Waals surface area (Å²) in [6.07, 6.45) is 7.37. The largest absolute Gasteiger partial charge is 0.0928 e. The number of rotatable bonds is 9. The third-order valence-electron chi connectivity index (χ3n) is 1.94. The van der Waals surface area contributed by atoms with Crippen molar-refractivity contribution in [2.24, 2.45) is 0 Å². The van der Waals surface area contributed by atoms with Gasteiger partial charge in [0, 0.05) is 8.07 Å². The van der Waals surface area contributed by atoms with E-state index in [1.165, 1.54) is 19.3 Å². The highest BCUT2D eigenvalue weighted by molar-refractivity contribution is 9.09. The molecule has 0 aliphatic rings. The van der Waals surface area contributed by atoms with Crippen LogP contribution in [0.2, 0.25) is 0 Å². The second-order valence-corrected chi connectivity index (χ2v) is 4.00. The summed E-state index contributed by atoms with van der Waals surface area (Å²) in [5, 5.41) is 1.08. The molecule has 0 saturated carbocycles. The molecule has 0 nitrogen and oxygen atoms in total. The van der Waals surface area contributed by atoms with Crippen molar-refractivity contribution in [2.45, 2.75) is 64.7 Å². The number of alkyl halides is 1. The van der Waals surface area contributed by atoms with Gasteiger partial charge in [-0.05, 0) is 6.42 Å². The van der Waals surface area contributed by atoms with Crippen LogP contribution in [0, 0.1) is 0 Å².